The zero-order chi connectivity index (χ0) is 17.1. The van der Waals surface area contributed by atoms with Crippen molar-refractivity contribution in [1.82, 2.24) is 19.8 Å². The fourth-order valence-corrected chi connectivity index (χ4v) is 3.47. The molecule has 1 N–H and O–H groups in total. The Hall–Kier alpha value is -1.95. The van der Waals surface area contributed by atoms with Crippen molar-refractivity contribution in [3.8, 4) is 0 Å². The van der Waals surface area contributed by atoms with Crippen LogP contribution < -0.4 is 5.32 Å². The number of imidazole rings is 1. The summed E-state index contributed by atoms with van der Waals surface area (Å²) in [6.45, 7) is 7.89. The van der Waals surface area contributed by atoms with Crippen LogP contribution in [0.25, 0.3) is 11.0 Å². The van der Waals surface area contributed by atoms with Crippen molar-refractivity contribution in [3.05, 3.63) is 29.8 Å². The molecule has 1 aromatic carbocycles. The number of piperidine rings is 1. The smallest absolute Gasteiger partial charge is 0.216 e. The number of aromatic nitrogens is 2. The summed E-state index contributed by atoms with van der Waals surface area (Å²) in [6, 6.07) is 5.13. The molecule has 130 valence electrons. The van der Waals surface area contributed by atoms with Gasteiger partial charge in [-0.2, -0.15) is 0 Å². The van der Waals surface area contributed by atoms with Gasteiger partial charge in [0.2, 0.25) is 5.91 Å². The molecular weight excluding hydrogens is 307 g/mol. The summed E-state index contributed by atoms with van der Waals surface area (Å²) in [5.41, 5.74) is 1.34. The first-order valence-corrected chi connectivity index (χ1v) is 8.69. The van der Waals surface area contributed by atoms with E-state index >= 15 is 0 Å². The Morgan fingerprint density at radius 1 is 1.38 bits per heavy atom. The van der Waals surface area contributed by atoms with Crippen LogP contribution in [0.2, 0.25) is 0 Å². The fourth-order valence-electron chi connectivity index (χ4n) is 3.47. The summed E-state index contributed by atoms with van der Waals surface area (Å²) >= 11 is 0. The first-order chi connectivity index (χ1) is 11.6. The van der Waals surface area contributed by atoms with Crippen LogP contribution in [-0.4, -0.2) is 40.0 Å². The second kappa shape index (κ2) is 7.30. The third-order valence-electron chi connectivity index (χ3n) is 4.84. The summed E-state index contributed by atoms with van der Waals surface area (Å²) in [5, 5.41) is 2.91. The molecule has 3 rings (SSSR count). The van der Waals surface area contributed by atoms with E-state index in [0.717, 1.165) is 56.9 Å². The zero-order valence-electron chi connectivity index (χ0n) is 14.4. The molecule has 0 bridgehead atoms. The van der Waals surface area contributed by atoms with Crippen LogP contribution in [0.1, 0.15) is 32.5 Å². The minimum Gasteiger partial charge on any atom is -0.356 e. The number of benzene rings is 1. The Balaban J connectivity index is 1.66. The summed E-state index contributed by atoms with van der Waals surface area (Å²) < 4.78 is 16.1. The molecule has 0 unspecified atom stereocenters. The number of rotatable bonds is 5. The molecule has 1 amide bonds. The maximum Gasteiger partial charge on any atom is 0.216 e. The van der Waals surface area contributed by atoms with Crippen molar-refractivity contribution < 1.29 is 9.18 Å². The lowest BCUT2D eigenvalue weighted by atomic mass is 9.97. The first-order valence-electron chi connectivity index (χ1n) is 8.69. The van der Waals surface area contributed by atoms with Crippen LogP contribution in [0.15, 0.2) is 18.2 Å². The number of para-hydroxylation sites is 1. The molecule has 0 aliphatic carbocycles. The highest BCUT2D eigenvalue weighted by molar-refractivity contribution is 5.76. The molecule has 0 radical (unpaired) electrons. The van der Waals surface area contributed by atoms with Crippen molar-refractivity contribution >= 4 is 16.9 Å². The van der Waals surface area contributed by atoms with E-state index in [2.05, 4.69) is 26.7 Å². The lowest BCUT2D eigenvalue weighted by Crippen LogP contribution is -2.38. The van der Waals surface area contributed by atoms with Gasteiger partial charge < -0.3 is 9.88 Å². The van der Waals surface area contributed by atoms with E-state index in [-0.39, 0.29) is 11.7 Å². The number of fused-ring (bicyclic) bond motifs is 1. The van der Waals surface area contributed by atoms with Crippen molar-refractivity contribution in [1.29, 1.82) is 0 Å². The van der Waals surface area contributed by atoms with E-state index < -0.39 is 0 Å². The Kier molecular flexibility index (Phi) is 5.14. The van der Waals surface area contributed by atoms with Crippen molar-refractivity contribution in [3.63, 3.8) is 0 Å². The van der Waals surface area contributed by atoms with Gasteiger partial charge in [-0.25, -0.2) is 9.37 Å². The van der Waals surface area contributed by atoms with Gasteiger partial charge in [-0.3, -0.25) is 9.69 Å². The quantitative estimate of drug-likeness (QED) is 0.915. The third-order valence-corrected chi connectivity index (χ3v) is 4.84. The molecule has 2 heterocycles. The number of aryl methyl sites for hydroxylation is 1. The maximum absolute atomic E-state index is 14.0. The van der Waals surface area contributed by atoms with Gasteiger partial charge in [0, 0.05) is 20.0 Å². The molecule has 5 nitrogen and oxygen atoms in total. The van der Waals surface area contributed by atoms with Gasteiger partial charge >= 0.3 is 0 Å². The number of hydrogen-bond acceptors (Lipinski definition) is 3. The maximum atomic E-state index is 14.0. The molecule has 0 atom stereocenters. The molecule has 1 aromatic heterocycles. The van der Waals surface area contributed by atoms with Crippen LogP contribution in [0.3, 0.4) is 0 Å². The lowest BCUT2D eigenvalue weighted by molar-refractivity contribution is -0.119. The van der Waals surface area contributed by atoms with Crippen molar-refractivity contribution in [2.24, 2.45) is 5.92 Å². The normalized spacial score (nSPS) is 16.6. The van der Waals surface area contributed by atoms with Gasteiger partial charge in [-0.05, 0) is 50.9 Å². The first kappa shape index (κ1) is 16.9. The van der Waals surface area contributed by atoms with E-state index in [1.807, 2.05) is 6.07 Å². The van der Waals surface area contributed by atoms with Crippen LogP contribution >= 0.6 is 0 Å². The average molecular weight is 332 g/mol. The molecule has 6 heteroatoms. The van der Waals surface area contributed by atoms with E-state index in [0.29, 0.717) is 11.4 Å². The number of likely N-dealkylation sites (tertiary alicyclic amines) is 1. The predicted octanol–water partition coefficient (Wildman–Crippen LogP) is 2.54. The number of nitrogens with zero attached hydrogens (tertiary/aromatic N) is 3. The minimum atomic E-state index is -0.255. The zero-order valence-corrected chi connectivity index (χ0v) is 14.4. The van der Waals surface area contributed by atoms with Gasteiger partial charge in [-0.15, -0.1) is 0 Å². The van der Waals surface area contributed by atoms with Crippen LogP contribution in [0.4, 0.5) is 4.39 Å². The largest absolute Gasteiger partial charge is 0.356 e. The summed E-state index contributed by atoms with van der Waals surface area (Å²) in [6.07, 6.45) is 2.14. The number of amides is 1. The molecule has 1 aliphatic rings. The molecule has 0 spiro atoms. The van der Waals surface area contributed by atoms with E-state index in [9.17, 15) is 9.18 Å². The molecule has 1 fully saturated rings. The Morgan fingerprint density at radius 2 is 2.12 bits per heavy atom. The summed E-state index contributed by atoms with van der Waals surface area (Å²) in [4.78, 5) is 17.9. The molecule has 2 aromatic rings. The van der Waals surface area contributed by atoms with E-state index in [1.165, 1.54) is 6.07 Å². The highest BCUT2D eigenvalue weighted by atomic mass is 19.1. The van der Waals surface area contributed by atoms with Gasteiger partial charge in [0.15, 0.2) is 5.82 Å². The molecule has 24 heavy (non-hydrogen) atoms. The lowest BCUT2D eigenvalue weighted by Gasteiger charge is -2.31. The molecular formula is C18H25FN4O. The highest BCUT2D eigenvalue weighted by Gasteiger charge is 2.21. The van der Waals surface area contributed by atoms with E-state index in [4.69, 9.17) is 0 Å². The van der Waals surface area contributed by atoms with Gasteiger partial charge in [-0.1, -0.05) is 6.07 Å². The minimum absolute atomic E-state index is 0.0381. The second-order valence-electron chi connectivity index (χ2n) is 6.54. The second-order valence-corrected chi connectivity index (χ2v) is 6.54. The number of nitrogens with one attached hydrogen (secondary N) is 1. The average Bonchev–Trinajstić information content (AvgIpc) is 2.93. The highest BCUT2D eigenvalue weighted by Crippen LogP contribution is 2.22. The predicted molar refractivity (Wildman–Crippen MR) is 92.0 cm³/mol. The molecule has 1 saturated heterocycles. The van der Waals surface area contributed by atoms with Gasteiger partial charge in [0.1, 0.15) is 11.3 Å². The van der Waals surface area contributed by atoms with Crippen LogP contribution in [0, 0.1) is 11.7 Å². The number of carbonyl (C=O) groups excluding carboxylic acids is 1. The molecule has 1 aliphatic heterocycles. The Bertz CT molecular complexity index is 719. The SMILES string of the molecule is CCn1c(CN2CCC(CNC(C)=O)CC2)nc2c(F)cccc21. The monoisotopic (exact) mass is 332 g/mol. The fraction of sp³-hybridized carbons (Fsp3) is 0.556. The van der Waals surface area contributed by atoms with Gasteiger partial charge in [0.05, 0.1) is 12.1 Å². The van der Waals surface area contributed by atoms with Crippen molar-refractivity contribution in [2.45, 2.75) is 39.8 Å². The summed E-state index contributed by atoms with van der Waals surface area (Å²) in [5.74, 6) is 1.26. The summed E-state index contributed by atoms with van der Waals surface area (Å²) in [7, 11) is 0. The molecule has 0 saturated carbocycles. The standard InChI is InChI=1S/C18H25FN4O/c1-3-23-16-6-4-5-15(19)18(16)21-17(23)12-22-9-7-14(8-10-22)11-20-13(2)24/h4-6,14H,3,7-12H2,1-2H3,(H,20,24). The van der Waals surface area contributed by atoms with Crippen LogP contribution in [0.5, 0.6) is 0 Å². The Morgan fingerprint density at radius 3 is 2.79 bits per heavy atom. The number of carbonyl (C=O) groups is 1. The number of halogens is 1. The van der Waals surface area contributed by atoms with Gasteiger partial charge in [0.25, 0.3) is 0 Å². The number of hydrogen-bond donors (Lipinski definition) is 1. The third kappa shape index (κ3) is 3.59. The van der Waals surface area contributed by atoms with E-state index in [1.54, 1.807) is 13.0 Å². The van der Waals surface area contributed by atoms with Crippen LogP contribution in [-0.2, 0) is 17.9 Å². The van der Waals surface area contributed by atoms with Crippen molar-refractivity contribution in [2.75, 3.05) is 19.6 Å². The topological polar surface area (TPSA) is 50.2 Å². The Labute approximate surface area is 141 Å².